The highest BCUT2D eigenvalue weighted by molar-refractivity contribution is 5.39. The summed E-state index contributed by atoms with van der Waals surface area (Å²) >= 11 is 0. The summed E-state index contributed by atoms with van der Waals surface area (Å²) in [5.74, 6) is 4.09. The van der Waals surface area contributed by atoms with Gasteiger partial charge < -0.3 is 4.74 Å². The molecule has 2 aromatic rings. The molecule has 21 heavy (non-hydrogen) atoms. The van der Waals surface area contributed by atoms with Crippen LogP contribution in [0.2, 0.25) is 0 Å². The molecule has 0 radical (unpaired) electrons. The van der Waals surface area contributed by atoms with Crippen LogP contribution in [-0.4, -0.2) is 32.9 Å². The number of ether oxygens (including phenoxy) is 1. The van der Waals surface area contributed by atoms with E-state index in [-0.39, 0.29) is 11.6 Å². The summed E-state index contributed by atoms with van der Waals surface area (Å²) in [6.45, 7) is 0. The van der Waals surface area contributed by atoms with Crippen LogP contribution in [0.5, 0.6) is 5.75 Å². The van der Waals surface area contributed by atoms with Crippen LogP contribution >= 0.6 is 0 Å². The van der Waals surface area contributed by atoms with Crippen molar-refractivity contribution in [3.05, 3.63) is 35.1 Å². The zero-order chi connectivity index (χ0) is 15.6. The zero-order valence-electron chi connectivity index (χ0n) is 10.6. The van der Waals surface area contributed by atoms with Crippen molar-refractivity contribution >= 4 is 5.95 Å². The van der Waals surface area contributed by atoms with Gasteiger partial charge in [-0.05, 0) is 12.1 Å². The number of halogens is 3. The van der Waals surface area contributed by atoms with Gasteiger partial charge in [0, 0.05) is 6.20 Å². The molecule has 0 bridgehead atoms. The first-order valence-corrected chi connectivity index (χ1v) is 5.41. The Bertz CT molecular complexity index is 702. The Morgan fingerprint density at radius 3 is 2.67 bits per heavy atom. The van der Waals surface area contributed by atoms with E-state index in [0.717, 1.165) is 10.9 Å². The predicted molar refractivity (Wildman–Crippen MR) is 64.7 cm³/mol. The van der Waals surface area contributed by atoms with Crippen LogP contribution in [0.3, 0.4) is 0 Å². The van der Waals surface area contributed by atoms with E-state index in [1.54, 1.807) is 6.07 Å². The number of methoxy groups -OCH3 is 1. The Kier molecular flexibility index (Phi) is 3.76. The summed E-state index contributed by atoms with van der Waals surface area (Å²) in [6.07, 6.45) is -2.69. The molecule has 0 saturated heterocycles. The second-order valence-electron chi connectivity index (χ2n) is 3.68. The van der Waals surface area contributed by atoms with Crippen molar-refractivity contribution in [2.45, 2.75) is 6.30 Å². The summed E-state index contributed by atoms with van der Waals surface area (Å²) in [7, 11) is 1.35. The molecule has 11 heteroatoms. The number of alkyl halides is 3. The van der Waals surface area contributed by atoms with Gasteiger partial charge in [-0.3, -0.25) is 0 Å². The first-order chi connectivity index (χ1) is 9.84. The number of aromatic nitrogens is 4. The Morgan fingerprint density at radius 2 is 2.10 bits per heavy atom. The van der Waals surface area contributed by atoms with Gasteiger partial charge in [0.1, 0.15) is 6.33 Å². The zero-order valence-corrected chi connectivity index (χ0v) is 10.6. The maximum absolute atomic E-state index is 12.4. The molecule has 0 aliphatic rings. The van der Waals surface area contributed by atoms with Gasteiger partial charge in [0.2, 0.25) is 0 Å². The highest BCUT2D eigenvalue weighted by Crippen LogP contribution is 2.21. The van der Waals surface area contributed by atoms with E-state index in [9.17, 15) is 18.0 Å². The molecule has 0 aliphatic carbocycles. The van der Waals surface area contributed by atoms with Crippen LogP contribution in [0.4, 0.5) is 19.1 Å². The van der Waals surface area contributed by atoms with Crippen molar-refractivity contribution in [3.8, 4) is 11.6 Å². The van der Waals surface area contributed by atoms with Crippen molar-refractivity contribution in [2.75, 3.05) is 12.1 Å². The topological polar surface area (TPSA) is 99.2 Å². The average molecular weight is 302 g/mol. The van der Waals surface area contributed by atoms with E-state index in [1.807, 2.05) is 0 Å². The second-order valence-corrected chi connectivity index (χ2v) is 3.68. The molecule has 0 fully saturated rings. The van der Waals surface area contributed by atoms with E-state index in [1.165, 1.54) is 19.4 Å². The number of anilines is 1. The Morgan fingerprint density at radius 1 is 1.38 bits per heavy atom. The molecule has 2 N–H and O–H groups in total. The van der Waals surface area contributed by atoms with Gasteiger partial charge in [-0.1, -0.05) is 0 Å². The van der Waals surface area contributed by atoms with E-state index < -0.39 is 22.9 Å². The van der Waals surface area contributed by atoms with Gasteiger partial charge in [-0.25, -0.2) is 25.2 Å². The Labute approximate surface area is 115 Å². The molecule has 0 aliphatic heterocycles. The lowest BCUT2D eigenvalue weighted by Crippen LogP contribution is -2.46. The first kappa shape index (κ1) is 14.7. The average Bonchev–Trinajstić information content (AvgIpc) is 2.45. The van der Waals surface area contributed by atoms with Crippen molar-refractivity contribution < 1.29 is 17.9 Å². The molecular weight excluding hydrogens is 293 g/mol. The fourth-order valence-electron chi connectivity index (χ4n) is 1.42. The standard InChI is InChI=1S/C10H9F3N6O2/c1-21-6-3-2-4-15-7(6)18-5-16-8(17-9(18)20)19(14)10(11,12)13/h2-5H,14H2,1H3. The number of pyridine rings is 1. The smallest absolute Gasteiger partial charge is 0.493 e. The minimum absolute atomic E-state index is 0.0483. The third-order valence-electron chi connectivity index (χ3n) is 2.38. The van der Waals surface area contributed by atoms with Crippen molar-refractivity contribution in [1.82, 2.24) is 19.5 Å². The predicted octanol–water partition coefficient (Wildman–Crippen LogP) is 0.231. The lowest BCUT2D eigenvalue weighted by atomic mass is 10.4. The molecule has 0 aromatic carbocycles. The number of hydrogen-bond donors (Lipinski definition) is 1. The third-order valence-corrected chi connectivity index (χ3v) is 2.38. The molecule has 8 nitrogen and oxygen atoms in total. The minimum Gasteiger partial charge on any atom is -0.493 e. The van der Waals surface area contributed by atoms with Crippen LogP contribution < -0.4 is 21.3 Å². The normalized spacial score (nSPS) is 11.3. The van der Waals surface area contributed by atoms with Gasteiger partial charge in [0.25, 0.3) is 5.95 Å². The van der Waals surface area contributed by atoms with Gasteiger partial charge in [-0.2, -0.15) is 9.99 Å². The number of rotatable bonds is 3. The number of hydrazine groups is 1. The van der Waals surface area contributed by atoms with Gasteiger partial charge in [0.05, 0.1) is 7.11 Å². The highest BCUT2D eigenvalue weighted by Gasteiger charge is 2.37. The summed E-state index contributed by atoms with van der Waals surface area (Å²) in [6, 6.07) is 3.08. The molecule has 112 valence electrons. The minimum atomic E-state index is -4.90. The van der Waals surface area contributed by atoms with Gasteiger partial charge in [-0.15, -0.1) is 13.2 Å². The molecule has 2 heterocycles. The van der Waals surface area contributed by atoms with E-state index in [2.05, 4.69) is 15.0 Å². The van der Waals surface area contributed by atoms with E-state index >= 15 is 0 Å². The maximum Gasteiger partial charge on any atom is 0.501 e. The van der Waals surface area contributed by atoms with Crippen LogP contribution in [0.1, 0.15) is 0 Å². The second kappa shape index (κ2) is 5.36. The molecule has 0 spiro atoms. The first-order valence-electron chi connectivity index (χ1n) is 5.41. The quantitative estimate of drug-likeness (QED) is 0.492. The molecule has 2 aromatic heterocycles. The van der Waals surface area contributed by atoms with Crippen LogP contribution in [0, 0.1) is 0 Å². The van der Waals surface area contributed by atoms with Crippen molar-refractivity contribution in [1.29, 1.82) is 0 Å². The number of nitrogens with zero attached hydrogens (tertiary/aromatic N) is 5. The Hall–Kier alpha value is -2.69. The van der Waals surface area contributed by atoms with Crippen LogP contribution in [-0.2, 0) is 0 Å². The lowest BCUT2D eigenvalue weighted by Gasteiger charge is -2.18. The SMILES string of the molecule is COc1cccnc1-n1cnc(N(N)C(F)(F)F)nc1=O. The summed E-state index contributed by atoms with van der Waals surface area (Å²) in [4.78, 5) is 22.3. The molecule has 2 rings (SSSR count). The van der Waals surface area contributed by atoms with Crippen LogP contribution in [0.15, 0.2) is 29.5 Å². The van der Waals surface area contributed by atoms with Crippen molar-refractivity contribution in [3.63, 3.8) is 0 Å². The molecule has 0 atom stereocenters. The third kappa shape index (κ3) is 2.91. The molecule has 0 amide bonds. The van der Waals surface area contributed by atoms with Crippen molar-refractivity contribution in [2.24, 2.45) is 5.84 Å². The maximum atomic E-state index is 12.4. The van der Waals surface area contributed by atoms with Gasteiger partial charge in [0.15, 0.2) is 11.6 Å². The number of nitrogens with two attached hydrogens (primary N) is 1. The monoisotopic (exact) mass is 302 g/mol. The largest absolute Gasteiger partial charge is 0.501 e. The summed E-state index contributed by atoms with van der Waals surface area (Å²) in [5, 5.41) is -0.658. The summed E-state index contributed by atoms with van der Waals surface area (Å²) < 4.78 is 43.0. The Balaban J connectivity index is 2.48. The fraction of sp³-hybridized carbons (Fsp3) is 0.200. The highest BCUT2D eigenvalue weighted by atomic mass is 19.4. The van der Waals surface area contributed by atoms with Gasteiger partial charge >= 0.3 is 12.0 Å². The fourth-order valence-corrected chi connectivity index (χ4v) is 1.42. The number of hydrogen-bond acceptors (Lipinski definition) is 7. The molecular formula is C10H9F3N6O2. The van der Waals surface area contributed by atoms with E-state index in [4.69, 9.17) is 10.6 Å². The van der Waals surface area contributed by atoms with E-state index in [0.29, 0.717) is 0 Å². The molecule has 0 unspecified atom stereocenters. The molecule has 0 saturated carbocycles. The summed E-state index contributed by atoms with van der Waals surface area (Å²) in [5.41, 5.74) is -1.03. The lowest BCUT2D eigenvalue weighted by molar-refractivity contribution is -0.130. The van der Waals surface area contributed by atoms with Crippen LogP contribution in [0.25, 0.3) is 5.82 Å².